The van der Waals surface area contributed by atoms with Crippen LogP contribution in [0.25, 0.3) is 6.08 Å². The van der Waals surface area contributed by atoms with E-state index in [0.717, 1.165) is 10.0 Å². The highest BCUT2D eigenvalue weighted by molar-refractivity contribution is 9.10. The molecule has 5 nitrogen and oxygen atoms in total. The van der Waals surface area contributed by atoms with Crippen molar-refractivity contribution >= 4 is 37.8 Å². The van der Waals surface area contributed by atoms with Gasteiger partial charge in [-0.15, -0.1) is 0 Å². The fourth-order valence-corrected chi connectivity index (χ4v) is 3.98. The van der Waals surface area contributed by atoms with E-state index in [0.29, 0.717) is 6.42 Å². The first-order valence-electron chi connectivity index (χ1n) is 6.28. The number of nitrogens with zero attached hydrogens (tertiary/aromatic N) is 1. The SMILES string of the molecule is N#C/C(=C\c1ccc(Br)cc1)C(=O)NC1CCS(=O)(=O)C1. The molecular formula is C14H13BrN2O3S. The van der Waals surface area contributed by atoms with Crippen LogP contribution in [0.15, 0.2) is 34.3 Å². The number of benzene rings is 1. The first kappa shape index (κ1) is 15.7. The highest BCUT2D eigenvalue weighted by Gasteiger charge is 2.29. The molecule has 0 saturated carbocycles. The molecular weight excluding hydrogens is 356 g/mol. The third-order valence-corrected chi connectivity index (χ3v) is 5.41. The van der Waals surface area contributed by atoms with Crippen LogP contribution in [0.5, 0.6) is 0 Å². The Labute approximate surface area is 131 Å². The second kappa shape index (κ2) is 6.41. The summed E-state index contributed by atoms with van der Waals surface area (Å²) < 4.78 is 23.6. The molecule has 1 aromatic rings. The van der Waals surface area contributed by atoms with E-state index in [2.05, 4.69) is 21.2 Å². The number of amides is 1. The minimum absolute atomic E-state index is 0.0402. The van der Waals surface area contributed by atoms with Gasteiger partial charge in [-0.3, -0.25) is 4.79 Å². The highest BCUT2D eigenvalue weighted by atomic mass is 79.9. The van der Waals surface area contributed by atoms with E-state index in [1.807, 2.05) is 18.2 Å². The number of nitrogens with one attached hydrogen (secondary N) is 1. The van der Waals surface area contributed by atoms with E-state index >= 15 is 0 Å². The van der Waals surface area contributed by atoms with Gasteiger partial charge in [-0.2, -0.15) is 5.26 Å². The van der Waals surface area contributed by atoms with E-state index < -0.39 is 21.8 Å². The maximum Gasteiger partial charge on any atom is 0.262 e. The van der Waals surface area contributed by atoms with Crippen LogP contribution in [0.2, 0.25) is 0 Å². The molecule has 0 radical (unpaired) electrons. The smallest absolute Gasteiger partial charge is 0.262 e. The zero-order valence-electron chi connectivity index (χ0n) is 11.0. The van der Waals surface area contributed by atoms with Crippen molar-refractivity contribution in [3.05, 3.63) is 39.9 Å². The van der Waals surface area contributed by atoms with Gasteiger partial charge in [0, 0.05) is 10.5 Å². The molecule has 1 N–H and O–H groups in total. The van der Waals surface area contributed by atoms with Gasteiger partial charge < -0.3 is 5.32 Å². The van der Waals surface area contributed by atoms with Gasteiger partial charge in [0.2, 0.25) is 0 Å². The average Bonchev–Trinajstić information content (AvgIpc) is 2.77. The summed E-state index contributed by atoms with van der Waals surface area (Å²) in [7, 11) is -3.06. The fourth-order valence-electron chi connectivity index (χ4n) is 2.05. The summed E-state index contributed by atoms with van der Waals surface area (Å²) in [6, 6.07) is 8.60. The Kier molecular flexibility index (Phi) is 4.80. The molecule has 2 rings (SSSR count). The van der Waals surface area contributed by atoms with Gasteiger partial charge >= 0.3 is 0 Å². The zero-order valence-corrected chi connectivity index (χ0v) is 13.4. The number of hydrogen-bond acceptors (Lipinski definition) is 4. The minimum Gasteiger partial charge on any atom is -0.348 e. The van der Waals surface area contributed by atoms with Crippen molar-refractivity contribution in [1.82, 2.24) is 5.32 Å². The van der Waals surface area contributed by atoms with Gasteiger partial charge in [-0.05, 0) is 30.2 Å². The number of carbonyl (C=O) groups is 1. The summed E-state index contributed by atoms with van der Waals surface area (Å²) in [4.78, 5) is 12.0. The van der Waals surface area contributed by atoms with Gasteiger partial charge in [0.25, 0.3) is 5.91 Å². The Morgan fingerprint density at radius 2 is 2.05 bits per heavy atom. The molecule has 1 amide bonds. The molecule has 0 aliphatic carbocycles. The van der Waals surface area contributed by atoms with Gasteiger partial charge in [0.1, 0.15) is 11.6 Å². The van der Waals surface area contributed by atoms with Crippen LogP contribution in [-0.2, 0) is 14.6 Å². The molecule has 1 saturated heterocycles. The molecule has 0 spiro atoms. The lowest BCUT2D eigenvalue weighted by Gasteiger charge is -2.09. The number of nitriles is 1. The molecule has 21 heavy (non-hydrogen) atoms. The lowest BCUT2D eigenvalue weighted by molar-refractivity contribution is -0.117. The molecule has 0 bridgehead atoms. The first-order chi connectivity index (χ1) is 9.89. The quantitative estimate of drug-likeness (QED) is 0.649. The third-order valence-electron chi connectivity index (χ3n) is 3.11. The lowest BCUT2D eigenvalue weighted by atomic mass is 10.1. The Morgan fingerprint density at radius 1 is 1.38 bits per heavy atom. The zero-order chi connectivity index (χ0) is 15.5. The molecule has 1 aromatic carbocycles. The maximum absolute atomic E-state index is 12.0. The molecule has 110 valence electrons. The number of sulfone groups is 1. The van der Waals surface area contributed by atoms with Crippen LogP contribution >= 0.6 is 15.9 Å². The molecule has 1 aliphatic heterocycles. The van der Waals surface area contributed by atoms with Crippen molar-refractivity contribution in [2.45, 2.75) is 12.5 Å². The molecule has 1 unspecified atom stereocenters. The van der Waals surface area contributed by atoms with E-state index in [-0.39, 0.29) is 17.1 Å². The molecule has 1 atom stereocenters. The van der Waals surface area contributed by atoms with Crippen LogP contribution in [-0.4, -0.2) is 31.9 Å². The summed E-state index contributed by atoms with van der Waals surface area (Å²) in [5, 5.41) is 11.7. The van der Waals surface area contributed by atoms with Gasteiger partial charge in [-0.1, -0.05) is 28.1 Å². The molecule has 1 heterocycles. The number of halogens is 1. The Bertz CT molecular complexity index is 718. The van der Waals surface area contributed by atoms with Crippen LogP contribution in [0.3, 0.4) is 0 Å². The molecule has 7 heteroatoms. The lowest BCUT2D eigenvalue weighted by Crippen LogP contribution is -2.36. The van der Waals surface area contributed by atoms with Crippen LogP contribution < -0.4 is 5.32 Å². The van der Waals surface area contributed by atoms with E-state index in [9.17, 15) is 13.2 Å². The van der Waals surface area contributed by atoms with Crippen molar-refractivity contribution in [1.29, 1.82) is 5.26 Å². The second-order valence-electron chi connectivity index (χ2n) is 4.79. The van der Waals surface area contributed by atoms with Gasteiger partial charge in [0.05, 0.1) is 11.5 Å². The van der Waals surface area contributed by atoms with Crippen molar-refractivity contribution in [3.63, 3.8) is 0 Å². The van der Waals surface area contributed by atoms with Crippen LogP contribution in [0.1, 0.15) is 12.0 Å². The number of carbonyl (C=O) groups excluding carboxylic acids is 1. The second-order valence-corrected chi connectivity index (χ2v) is 7.94. The summed E-state index contributed by atoms with van der Waals surface area (Å²) in [6.07, 6.45) is 1.87. The molecule has 1 fully saturated rings. The van der Waals surface area contributed by atoms with Gasteiger partial charge in [-0.25, -0.2) is 8.42 Å². The van der Waals surface area contributed by atoms with Crippen molar-refractivity contribution in [3.8, 4) is 6.07 Å². The molecule has 1 aliphatic rings. The summed E-state index contributed by atoms with van der Waals surface area (Å²) in [5.41, 5.74) is 0.686. The average molecular weight is 369 g/mol. The number of rotatable bonds is 3. The fraction of sp³-hybridized carbons (Fsp3) is 0.286. The van der Waals surface area contributed by atoms with Crippen LogP contribution in [0.4, 0.5) is 0 Å². The Morgan fingerprint density at radius 3 is 2.57 bits per heavy atom. The van der Waals surface area contributed by atoms with Crippen molar-refractivity contribution in [2.24, 2.45) is 0 Å². The largest absolute Gasteiger partial charge is 0.348 e. The number of hydrogen-bond donors (Lipinski definition) is 1. The topological polar surface area (TPSA) is 87.0 Å². The predicted octanol–water partition coefficient (Wildman–Crippen LogP) is 1.66. The predicted molar refractivity (Wildman–Crippen MR) is 82.9 cm³/mol. The third kappa shape index (κ3) is 4.41. The standard InChI is InChI=1S/C14H13BrN2O3S/c15-12-3-1-10(2-4-12)7-11(8-16)14(18)17-13-5-6-21(19,20)9-13/h1-4,7,13H,5-6,9H2,(H,17,18)/b11-7+. The molecule has 0 aromatic heterocycles. The summed E-state index contributed by atoms with van der Waals surface area (Å²) in [6.45, 7) is 0. The van der Waals surface area contributed by atoms with Crippen molar-refractivity contribution in [2.75, 3.05) is 11.5 Å². The van der Waals surface area contributed by atoms with Crippen LogP contribution in [0, 0.1) is 11.3 Å². The Hall–Kier alpha value is -1.65. The summed E-state index contributed by atoms with van der Waals surface area (Å²) >= 11 is 3.30. The summed E-state index contributed by atoms with van der Waals surface area (Å²) in [5.74, 6) is -0.520. The van der Waals surface area contributed by atoms with Gasteiger partial charge in [0.15, 0.2) is 9.84 Å². The Balaban J connectivity index is 2.09. The highest BCUT2D eigenvalue weighted by Crippen LogP contribution is 2.15. The minimum atomic E-state index is -3.06. The monoisotopic (exact) mass is 368 g/mol. The van der Waals surface area contributed by atoms with E-state index in [1.165, 1.54) is 6.08 Å². The van der Waals surface area contributed by atoms with Crippen molar-refractivity contribution < 1.29 is 13.2 Å². The van der Waals surface area contributed by atoms with E-state index in [1.54, 1.807) is 12.1 Å². The normalized spacial score (nSPS) is 20.8. The maximum atomic E-state index is 12.0. The van der Waals surface area contributed by atoms with E-state index in [4.69, 9.17) is 5.26 Å². The first-order valence-corrected chi connectivity index (χ1v) is 8.90.